The van der Waals surface area contributed by atoms with E-state index in [1.807, 2.05) is 32.0 Å². The lowest BCUT2D eigenvalue weighted by Gasteiger charge is -2.16. The zero-order chi connectivity index (χ0) is 12.8. The number of hydrogen-bond acceptors (Lipinski definition) is 3. The smallest absolute Gasteiger partial charge is 0.123 e. The van der Waals surface area contributed by atoms with Crippen LogP contribution < -0.4 is 15.2 Å². The van der Waals surface area contributed by atoms with E-state index in [9.17, 15) is 0 Å². The highest BCUT2D eigenvalue weighted by Crippen LogP contribution is 2.26. The van der Waals surface area contributed by atoms with Crippen LogP contribution in [0.25, 0.3) is 0 Å². The highest BCUT2D eigenvalue weighted by atomic mass is 16.5. The third-order valence-corrected chi connectivity index (χ3v) is 2.45. The van der Waals surface area contributed by atoms with Gasteiger partial charge in [0.15, 0.2) is 0 Å². The first-order valence-corrected chi connectivity index (χ1v) is 5.78. The van der Waals surface area contributed by atoms with Crippen molar-refractivity contribution < 1.29 is 9.47 Å². The Kier molecular flexibility index (Phi) is 5.04. The van der Waals surface area contributed by atoms with Crippen molar-refractivity contribution in [2.24, 2.45) is 5.73 Å². The van der Waals surface area contributed by atoms with Crippen LogP contribution in [0.5, 0.6) is 11.5 Å². The molecular formula is C14H21NO2. The van der Waals surface area contributed by atoms with Crippen LogP contribution in [0.3, 0.4) is 0 Å². The summed E-state index contributed by atoms with van der Waals surface area (Å²) in [5.74, 6) is 1.66. The van der Waals surface area contributed by atoms with Crippen molar-refractivity contribution in [2.45, 2.75) is 32.4 Å². The van der Waals surface area contributed by atoms with Crippen LogP contribution in [-0.4, -0.2) is 19.3 Å². The van der Waals surface area contributed by atoms with Gasteiger partial charge in [-0.1, -0.05) is 12.7 Å². The Morgan fingerprint density at radius 2 is 2.12 bits per heavy atom. The molecule has 0 aliphatic heterocycles. The first kappa shape index (κ1) is 13.6. The van der Waals surface area contributed by atoms with Gasteiger partial charge in [-0.2, -0.15) is 0 Å². The standard InChI is InChI=1S/C14H21NO2/c1-5-11(3)17-14-7-6-13(16-4)9-12(14)8-10(2)15/h5-7,9-11H,1,8,15H2,2-4H3. The van der Waals surface area contributed by atoms with Gasteiger partial charge in [-0.15, -0.1) is 0 Å². The molecule has 94 valence electrons. The van der Waals surface area contributed by atoms with Crippen molar-refractivity contribution >= 4 is 0 Å². The number of methoxy groups -OCH3 is 1. The second kappa shape index (κ2) is 6.30. The van der Waals surface area contributed by atoms with E-state index in [0.29, 0.717) is 0 Å². The largest absolute Gasteiger partial charge is 0.497 e. The third kappa shape index (κ3) is 4.11. The summed E-state index contributed by atoms with van der Waals surface area (Å²) in [6.45, 7) is 7.63. The maximum atomic E-state index is 5.83. The van der Waals surface area contributed by atoms with Crippen LogP contribution >= 0.6 is 0 Å². The molecule has 1 aromatic carbocycles. The van der Waals surface area contributed by atoms with Crippen molar-refractivity contribution in [1.29, 1.82) is 0 Å². The molecule has 1 rings (SSSR count). The van der Waals surface area contributed by atoms with Gasteiger partial charge in [0, 0.05) is 6.04 Å². The zero-order valence-corrected chi connectivity index (χ0v) is 10.8. The molecule has 0 saturated heterocycles. The van der Waals surface area contributed by atoms with E-state index in [1.165, 1.54) is 0 Å². The van der Waals surface area contributed by atoms with Gasteiger partial charge in [-0.25, -0.2) is 0 Å². The summed E-state index contributed by atoms with van der Waals surface area (Å²) >= 11 is 0. The number of hydrogen-bond donors (Lipinski definition) is 1. The van der Waals surface area contributed by atoms with Crippen LogP contribution in [0.2, 0.25) is 0 Å². The fourth-order valence-corrected chi connectivity index (χ4v) is 1.55. The quantitative estimate of drug-likeness (QED) is 0.771. The molecular weight excluding hydrogens is 214 g/mol. The maximum absolute atomic E-state index is 5.83. The number of nitrogens with two attached hydrogens (primary N) is 1. The Bertz CT molecular complexity index is 374. The normalized spacial score (nSPS) is 13.9. The summed E-state index contributed by atoms with van der Waals surface area (Å²) in [6, 6.07) is 5.85. The van der Waals surface area contributed by atoms with Crippen molar-refractivity contribution in [2.75, 3.05) is 7.11 Å². The molecule has 1 aromatic rings. The molecule has 2 unspecified atom stereocenters. The molecule has 0 radical (unpaired) electrons. The molecule has 0 bridgehead atoms. The van der Waals surface area contributed by atoms with Gasteiger partial charge in [0.25, 0.3) is 0 Å². The molecule has 0 aliphatic rings. The van der Waals surface area contributed by atoms with Gasteiger partial charge in [0.1, 0.15) is 17.6 Å². The minimum Gasteiger partial charge on any atom is -0.497 e. The predicted molar refractivity (Wildman–Crippen MR) is 70.6 cm³/mol. The molecule has 0 aromatic heterocycles. The topological polar surface area (TPSA) is 44.5 Å². The number of rotatable bonds is 6. The minimum atomic E-state index is -0.0183. The van der Waals surface area contributed by atoms with Crippen LogP contribution in [0, 0.1) is 0 Å². The van der Waals surface area contributed by atoms with Gasteiger partial charge in [0.2, 0.25) is 0 Å². The number of ether oxygens (including phenoxy) is 2. The molecule has 0 heterocycles. The lowest BCUT2D eigenvalue weighted by Crippen LogP contribution is -2.19. The van der Waals surface area contributed by atoms with Crippen LogP contribution in [0.15, 0.2) is 30.9 Å². The Morgan fingerprint density at radius 1 is 1.41 bits per heavy atom. The zero-order valence-electron chi connectivity index (χ0n) is 10.8. The average Bonchev–Trinajstić information content (AvgIpc) is 2.30. The molecule has 3 nitrogen and oxygen atoms in total. The summed E-state index contributed by atoms with van der Waals surface area (Å²) in [7, 11) is 1.65. The lowest BCUT2D eigenvalue weighted by atomic mass is 10.1. The fourth-order valence-electron chi connectivity index (χ4n) is 1.55. The molecule has 2 N–H and O–H groups in total. The second-order valence-electron chi connectivity index (χ2n) is 4.21. The lowest BCUT2D eigenvalue weighted by molar-refractivity contribution is 0.266. The maximum Gasteiger partial charge on any atom is 0.123 e. The molecule has 0 fully saturated rings. The van der Waals surface area contributed by atoms with E-state index >= 15 is 0 Å². The number of benzene rings is 1. The van der Waals surface area contributed by atoms with Gasteiger partial charge in [0.05, 0.1) is 7.11 Å². The summed E-state index contributed by atoms with van der Waals surface area (Å²) in [6.07, 6.45) is 2.51. The molecule has 0 amide bonds. The Labute approximate surface area is 103 Å². The summed E-state index contributed by atoms with van der Waals surface area (Å²) in [5, 5.41) is 0. The van der Waals surface area contributed by atoms with E-state index < -0.39 is 0 Å². The molecule has 3 heteroatoms. The Hall–Kier alpha value is -1.48. The molecule has 0 aliphatic carbocycles. The van der Waals surface area contributed by atoms with E-state index in [1.54, 1.807) is 13.2 Å². The monoisotopic (exact) mass is 235 g/mol. The molecule has 0 spiro atoms. The van der Waals surface area contributed by atoms with E-state index in [2.05, 4.69) is 6.58 Å². The van der Waals surface area contributed by atoms with E-state index in [0.717, 1.165) is 23.5 Å². The summed E-state index contributed by atoms with van der Waals surface area (Å²) < 4.78 is 11.0. The second-order valence-corrected chi connectivity index (χ2v) is 4.21. The van der Waals surface area contributed by atoms with Crippen molar-refractivity contribution in [1.82, 2.24) is 0 Å². The molecule has 17 heavy (non-hydrogen) atoms. The Morgan fingerprint density at radius 3 is 2.65 bits per heavy atom. The summed E-state index contributed by atoms with van der Waals surface area (Å²) in [5.41, 5.74) is 6.89. The van der Waals surface area contributed by atoms with Gasteiger partial charge in [-0.3, -0.25) is 0 Å². The van der Waals surface area contributed by atoms with E-state index in [4.69, 9.17) is 15.2 Å². The summed E-state index contributed by atoms with van der Waals surface area (Å²) in [4.78, 5) is 0. The highest BCUT2D eigenvalue weighted by Gasteiger charge is 2.09. The van der Waals surface area contributed by atoms with Gasteiger partial charge < -0.3 is 15.2 Å². The Balaban J connectivity index is 2.97. The third-order valence-electron chi connectivity index (χ3n) is 2.45. The fraction of sp³-hybridized carbons (Fsp3) is 0.429. The first-order chi connectivity index (χ1) is 8.06. The average molecular weight is 235 g/mol. The molecule has 0 saturated carbocycles. The minimum absolute atomic E-state index is 0.0183. The first-order valence-electron chi connectivity index (χ1n) is 5.78. The predicted octanol–water partition coefficient (Wildman–Crippen LogP) is 2.54. The van der Waals surface area contributed by atoms with Crippen LogP contribution in [-0.2, 0) is 6.42 Å². The molecule has 2 atom stereocenters. The highest BCUT2D eigenvalue weighted by molar-refractivity contribution is 5.41. The van der Waals surface area contributed by atoms with Crippen molar-refractivity contribution in [3.05, 3.63) is 36.4 Å². The van der Waals surface area contributed by atoms with Gasteiger partial charge >= 0.3 is 0 Å². The van der Waals surface area contributed by atoms with Crippen molar-refractivity contribution in [3.8, 4) is 11.5 Å². The van der Waals surface area contributed by atoms with E-state index in [-0.39, 0.29) is 12.1 Å². The van der Waals surface area contributed by atoms with Gasteiger partial charge in [-0.05, 0) is 44.0 Å². The van der Waals surface area contributed by atoms with Crippen LogP contribution in [0.1, 0.15) is 19.4 Å². The van der Waals surface area contributed by atoms with Crippen molar-refractivity contribution in [3.63, 3.8) is 0 Å². The SMILES string of the molecule is C=CC(C)Oc1ccc(OC)cc1CC(C)N. The van der Waals surface area contributed by atoms with Crippen LogP contribution in [0.4, 0.5) is 0 Å².